The Balaban J connectivity index is 1.91. The van der Waals surface area contributed by atoms with E-state index in [1.165, 1.54) is 11.1 Å². The molecule has 88 valence electrons. The normalized spacial score (nSPS) is 19.4. The summed E-state index contributed by atoms with van der Waals surface area (Å²) in [6.45, 7) is 3.74. The summed E-state index contributed by atoms with van der Waals surface area (Å²) in [5.74, 6) is 0. The molecule has 1 atom stereocenters. The van der Waals surface area contributed by atoms with E-state index in [2.05, 4.69) is 34.9 Å². The van der Waals surface area contributed by atoms with Crippen LogP contribution in [0.5, 0.6) is 0 Å². The van der Waals surface area contributed by atoms with Crippen LogP contribution < -0.4 is 10.6 Å². The highest BCUT2D eigenvalue weighted by atomic mass is 16.5. The number of methoxy groups -OCH3 is 1. The van der Waals surface area contributed by atoms with Crippen molar-refractivity contribution >= 4 is 0 Å². The van der Waals surface area contributed by atoms with Gasteiger partial charge >= 0.3 is 0 Å². The van der Waals surface area contributed by atoms with Gasteiger partial charge in [0, 0.05) is 26.2 Å². The predicted molar refractivity (Wildman–Crippen MR) is 65.6 cm³/mol. The lowest BCUT2D eigenvalue weighted by atomic mass is 9.94. The van der Waals surface area contributed by atoms with Gasteiger partial charge in [-0.25, -0.2) is 0 Å². The minimum Gasteiger partial charge on any atom is -0.383 e. The van der Waals surface area contributed by atoms with E-state index < -0.39 is 0 Å². The molecule has 0 aromatic heterocycles. The third kappa shape index (κ3) is 2.82. The van der Waals surface area contributed by atoms with Crippen molar-refractivity contribution < 1.29 is 4.74 Å². The van der Waals surface area contributed by atoms with Crippen LogP contribution in [0.4, 0.5) is 0 Å². The predicted octanol–water partition coefficient (Wildman–Crippen LogP) is 1.11. The Hall–Kier alpha value is -0.900. The summed E-state index contributed by atoms with van der Waals surface area (Å²) >= 11 is 0. The maximum absolute atomic E-state index is 5.02. The summed E-state index contributed by atoms with van der Waals surface area (Å²) < 4.78 is 5.02. The Bertz CT molecular complexity index is 327. The van der Waals surface area contributed by atoms with Gasteiger partial charge in [-0.3, -0.25) is 0 Å². The molecule has 1 aromatic rings. The Labute approximate surface area is 97.2 Å². The summed E-state index contributed by atoms with van der Waals surface area (Å²) in [6, 6.07) is 9.15. The quantitative estimate of drug-likeness (QED) is 0.729. The first kappa shape index (κ1) is 11.6. The SMILES string of the molecule is COCCNCC1NCCc2ccccc21. The molecule has 2 N–H and O–H groups in total. The smallest absolute Gasteiger partial charge is 0.0587 e. The topological polar surface area (TPSA) is 33.3 Å². The summed E-state index contributed by atoms with van der Waals surface area (Å²) in [4.78, 5) is 0. The number of nitrogens with one attached hydrogen (secondary N) is 2. The van der Waals surface area contributed by atoms with Crippen LogP contribution >= 0.6 is 0 Å². The molecule has 1 aliphatic rings. The monoisotopic (exact) mass is 220 g/mol. The first-order chi connectivity index (χ1) is 7.92. The van der Waals surface area contributed by atoms with Gasteiger partial charge in [-0.1, -0.05) is 24.3 Å². The van der Waals surface area contributed by atoms with Gasteiger partial charge in [0.2, 0.25) is 0 Å². The van der Waals surface area contributed by atoms with Crippen LogP contribution in [0.25, 0.3) is 0 Å². The lowest BCUT2D eigenvalue weighted by Gasteiger charge is -2.27. The Morgan fingerprint density at radius 1 is 1.44 bits per heavy atom. The number of hydrogen-bond acceptors (Lipinski definition) is 3. The number of fused-ring (bicyclic) bond motifs is 1. The fourth-order valence-corrected chi connectivity index (χ4v) is 2.20. The second-order valence-corrected chi connectivity index (χ2v) is 4.15. The van der Waals surface area contributed by atoms with E-state index in [4.69, 9.17) is 4.74 Å². The van der Waals surface area contributed by atoms with Crippen molar-refractivity contribution in [3.05, 3.63) is 35.4 Å². The van der Waals surface area contributed by atoms with Crippen molar-refractivity contribution in [1.82, 2.24) is 10.6 Å². The van der Waals surface area contributed by atoms with Crippen molar-refractivity contribution in [3.63, 3.8) is 0 Å². The van der Waals surface area contributed by atoms with Crippen molar-refractivity contribution in [2.24, 2.45) is 0 Å². The van der Waals surface area contributed by atoms with Gasteiger partial charge in [0.15, 0.2) is 0 Å². The van der Waals surface area contributed by atoms with E-state index in [1.807, 2.05) is 0 Å². The van der Waals surface area contributed by atoms with Crippen LogP contribution in [0.3, 0.4) is 0 Å². The molecule has 1 aromatic carbocycles. The zero-order valence-electron chi connectivity index (χ0n) is 9.83. The molecular formula is C13H20N2O. The van der Waals surface area contributed by atoms with E-state index in [0.717, 1.165) is 32.7 Å². The summed E-state index contributed by atoms with van der Waals surface area (Å²) in [5, 5.41) is 6.96. The first-order valence-electron chi connectivity index (χ1n) is 5.92. The van der Waals surface area contributed by atoms with E-state index in [-0.39, 0.29) is 0 Å². The lowest BCUT2D eigenvalue weighted by Crippen LogP contribution is -2.37. The lowest BCUT2D eigenvalue weighted by molar-refractivity contribution is 0.198. The molecule has 3 heteroatoms. The summed E-state index contributed by atoms with van der Waals surface area (Å²) in [6.07, 6.45) is 1.14. The minimum absolute atomic E-state index is 0.446. The van der Waals surface area contributed by atoms with Gasteiger partial charge in [0.25, 0.3) is 0 Å². The van der Waals surface area contributed by atoms with Gasteiger partial charge in [-0.05, 0) is 24.1 Å². The highest BCUT2D eigenvalue weighted by molar-refractivity contribution is 5.32. The maximum Gasteiger partial charge on any atom is 0.0587 e. The summed E-state index contributed by atoms with van der Waals surface area (Å²) in [5.41, 5.74) is 2.93. The second-order valence-electron chi connectivity index (χ2n) is 4.15. The van der Waals surface area contributed by atoms with Crippen LogP contribution in [-0.4, -0.2) is 33.4 Å². The fourth-order valence-electron chi connectivity index (χ4n) is 2.20. The van der Waals surface area contributed by atoms with Gasteiger partial charge in [-0.15, -0.1) is 0 Å². The average molecular weight is 220 g/mol. The van der Waals surface area contributed by atoms with E-state index >= 15 is 0 Å². The van der Waals surface area contributed by atoms with Crippen LogP contribution in [0, 0.1) is 0 Å². The molecule has 0 bridgehead atoms. The van der Waals surface area contributed by atoms with Crippen molar-refractivity contribution in [3.8, 4) is 0 Å². The van der Waals surface area contributed by atoms with Crippen LogP contribution in [0.1, 0.15) is 17.2 Å². The number of benzene rings is 1. The van der Waals surface area contributed by atoms with E-state index in [9.17, 15) is 0 Å². The molecule has 0 saturated carbocycles. The molecule has 0 fully saturated rings. The molecule has 1 heterocycles. The van der Waals surface area contributed by atoms with Gasteiger partial charge in [0.1, 0.15) is 0 Å². The third-order valence-corrected chi connectivity index (χ3v) is 3.05. The zero-order valence-corrected chi connectivity index (χ0v) is 9.83. The molecular weight excluding hydrogens is 200 g/mol. The largest absolute Gasteiger partial charge is 0.383 e. The minimum atomic E-state index is 0.446. The first-order valence-corrected chi connectivity index (χ1v) is 5.92. The Morgan fingerprint density at radius 3 is 3.19 bits per heavy atom. The number of ether oxygens (including phenoxy) is 1. The highest BCUT2D eigenvalue weighted by Gasteiger charge is 2.17. The third-order valence-electron chi connectivity index (χ3n) is 3.05. The molecule has 0 saturated heterocycles. The molecule has 2 rings (SSSR count). The van der Waals surface area contributed by atoms with Crippen molar-refractivity contribution in [2.75, 3.05) is 33.4 Å². The fraction of sp³-hybridized carbons (Fsp3) is 0.538. The average Bonchev–Trinajstić information content (AvgIpc) is 2.35. The maximum atomic E-state index is 5.02. The van der Waals surface area contributed by atoms with E-state index in [1.54, 1.807) is 7.11 Å². The molecule has 16 heavy (non-hydrogen) atoms. The number of hydrogen-bond donors (Lipinski definition) is 2. The molecule has 3 nitrogen and oxygen atoms in total. The molecule has 1 aliphatic heterocycles. The second kappa shape index (κ2) is 5.99. The van der Waals surface area contributed by atoms with E-state index in [0.29, 0.717) is 6.04 Å². The van der Waals surface area contributed by atoms with Gasteiger partial charge < -0.3 is 15.4 Å². The van der Waals surface area contributed by atoms with Crippen LogP contribution in [0.2, 0.25) is 0 Å². The molecule has 0 aliphatic carbocycles. The Kier molecular flexibility index (Phi) is 4.34. The zero-order chi connectivity index (χ0) is 11.2. The molecule has 0 amide bonds. The van der Waals surface area contributed by atoms with Gasteiger partial charge in [-0.2, -0.15) is 0 Å². The molecule has 0 spiro atoms. The van der Waals surface area contributed by atoms with Crippen molar-refractivity contribution in [2.45, 2.75) is 12.5 Å². The standard InChI is InChI=1S/C13H20N2O/c1-16-9-8-14-10-13-12-5-3-2-4-11(12)6-7-15-13/h2-5,13-15H,6-10H2,1H3. The number of rotatable bonds is 5. The highest BCUT2D eigenvalue weighted by Crippen LogP contribution is 2.21. The Morgan fingerprint density at radius 2 is 2.31 bits per heavy atom. The molecule has 1 unspecified atom stereocenters. The van der Waals surface area contributed by atoms with Crippen LogP contribution in [0.15, 0.2) is 24.3 Å². The van der Waals surface area contributed by atoms with Crippen molar-refractivity contribution in [1.29, 1.82) is 0 Å². The summed E-state index contributed by atoms with van der Waals surface area (Å²) in [7, 11) is 1.73. The van der Waals surface area contributed by atoms with Crippen LogP contribution in [-0.2, 0) is 11.2 Å². The molecule has 0 radical (unpaired) electrons. The van der Waals surface area contributed by atoms with Gasteiger partial charge in [0.05, 0.1) is 6.61 Å².